The third kappa shape index (κ3) is 4.59. The van der Waals surface area contributed by atoms with Crippen LogP contribution in [0.25, 0.3) is 0 Å². The number of nitrogens with one attached hydrogen (secondary N) is 2. The van der Waals surface area contributed by atoms with Gasteiger partial charge in [-0.2, -0.15) is 0 Å². The average Bonchev–Trinajstić information content (AvgIpc) is 2.43. The van der Waals surface area contributed by atoms with Crippen molar-refractivity contribution in [2.45, 2.75) is 38.3 Å². The number of rotatable bonds is 8. The Bertz CT molecular complexity index is 571. The summed E-state index contributed by atoms with van der Waals surface area (Å²) >= 11 is 0. The summed E-state index contributed by atoms with van der Waals surface area (Å²) in [6, 6.07) is 3.35. The zero-order valence-electron chi connectivity index (χ0n) is 13.2. The molecule has 1 aromatic carbocycles. The molecule has 6 nitrogen and oxygen atoms in total. The van der Waals surface area contributed by atoms with E-state index in [0.717, 1.165) is 5.56 Å². The maximum absolute atomic E-state index is 12.2. The number of ether oxygens (including phenoxy) is 2. The van der Waals surface area contributed by atoms with Gasteiger partial charge in [0.15, 0.2) is 11.5 Å². The SMILES string of the molecule is CCNS(=O)(=O)c1cc(CNC(C)C)c(OC)c(OC)c1. The number of benzene rings is 1. The number of hydrogen-bond acceptors (Lipinski definition) is 5. The van der Waals surface area contributed by atoms with E-state index in [1.165, 1.54) is 20.3 Å². The van der Waals surface area contributed by atoms with Crippen molar-refractivity contribution in [2.24, 2.45) is 0 Å². The van der Waals surface area contributed by atoms with Gasteiger partial charge in [0.25, 0.3) is 0 Å². The van der Waals surface area contributed by atoms with Gasteiger partial charge >= 0.3 is 0 Å². The van der Waals surface area contributed by atoms with Crippen LogP contribution in [0.4, 0.5) is 0 Å². The smallest absolute Gasteiger partial charge is 0.240 e. The first-order valence-electron chi connectivity index (χ1n) is 6.83. The minimum atomic E-state index is -3.54. The van der Waals surface area contributed by atoms with Crippen LogP contribution >= 0.6 is 0 Å². The molecule has 0 aliphatic carbocycles. The van der Waals surface area contributed by atoms with Gasteiger partial charge in [0.1, 0.15) is 0 Å². The third-order valence-corrected chi connectivity index (χ3v) is 4.40. The summed E-state index contributed by atoms with van der Waals surface area (Å²) in [5, 5.41) is 3.25. The Morgan fingerprint density at radius 2 is 1.86 bits per heavy atom. The summed E-state index contributed by atoms with van der Waals surface area (Å²) in [5.41, 5.74) is 0.738. The Morgan fingerprint density at radius 1 is 1.19 bits per heavy atom. The third-order valence-electron chi connectivity index (χ3n) is 2.87. The molecule has 7 heteroatoms. The number of methoxy groups -OCH3 is 2. The molecule has 0 atom stereocenters. The Kier molecular flexibility index (Phi) is 6.44. The Hall–Kier alpha value is -1.31. The summed E-state index contributed by atoms with van der Waals surface area (Å²) < 4.78 is 37.4. The van der Waals surface area contributed by atoms with E-state index in [9.17, 15) is 8.42 Å². The monoisotopic (exact) mass is 316 g/mol. The number of hydrogen-bond donors (Lipinski definition) is 2. The highest BCUT2D eigenvalue weighted by Crippen LogP contribution is 2.34. The summed E-state index contributed by atoms with van der Waals surface area (Å²) in [5.74, 6) is 0.943. The summed E-state index contributed by atoms with van der Waals surface area (Å²) in [7, 11) is -0.518. The van der Waals surface area contributed by atoms with Gasteiger partial charge in [0, 0.05) is 30.8 Å². The van der Waals surface area contributed by atoms with Crippen molar-refractivity contribution in [1.29, 1.82) is 0 Å². The molecule has 0 bridgehead atoms. The molecule has 0 saturated heterocycles. The fraction of sp³-hybridized carbons (Fsp3) is 0.571. The van der Waals surface area contributed by atoms with Crippen molar-refractivity contribution in [1.82, 2.24) is 10.0 Å². The van der Waals surface area contributed by atoms with E-state index in [1.54, 1.807) is 13.0 Å². The molecule has 0 aliphatic rings. The first-order valence-corrected chi connectivity index (χ1v) is 8.32. The molecule has 120 valence electrons. The van der Waals surface area contributed by atoms with Gasteiger partial charge in [-0.1, -0.05) is 20.8 Å². The first kappa shape index (κ1) is 17.7. The van der Waals surface area contributed by atoms with Crippen LogP contribution in [-0.4, -0.2) is 35.2 Å². The molecule has 0 saturated carbocycles. The Morgan fingerprint density at radius 3 is 2.33 bits per heavy atom. The van der Waals surface area contributed by atoms with Crippen LogP contribution in [0.1, 0.15) is 26.3 Å². The number of sulfonamides is 1. The van der Waals surface area contributed by atoms with E-state index in [1.807, 2.05) is 13.8 Å². The van der Waals surface area contributed by atoms with Crippen molar-refractivity contribution in [3.63, 3.8) is 0 Å². The van der Waals surface area contributed by atoms with Crippen LogP contribution in [0.3, 0.4) is 0 Å². The minimum Gasteiger partial charge on any atom is -0.493 e. The highest BCUT2D eigenvalue weighted by molar-refractivity contribution is 7.89. The molecule has 0 unspecified atom stereocenters. The highest BCUT2D eigenvalue weighted by Gasteiger charge is 2.20. The second-order valence-corrected chi connectivity index (χ2v) is 6.62. The van der Waals surface area contributed by atoms with Crippen LogP contribution in [0, 0.1) is 0 Å². The molecule has 1 aromatic rings. The fourth-order valence-corrected chi connectivity index (χ4v) is 3.00. The van der Waals surface area contributed by atoms with E-state index in [0.29, 0.717) is 24.6 Å². The van der Waals surface area contributed by atoms with Crippen molar-refractivity contribution in [3.05, 3.63) is 17.7 Å². The highest BCUT2D eigenvalue weighted by atomic mass is 32.2. The fourth-order valence-electron chi connectivity index (χ4n) is 1.89. The van der Waals surface area contributed by atoms with Gasteiger partial charge in [-0.05, 0) is 6.07 Å². The molecule has 0 aromatic heterocycles. The maximum Gasteiger partial charge on any atom is 0.240 e. The van der Waals surface area contributed by atoms with Gasteiger partial charge in [0.2, 0.25) is 10.0 Å². The molecule has 0 radical (unpaired) electrons. The van der Waals surface area contributed by atoms with Crippen LogP contribution in [0.5, 0.6) is 11.5 Å². The van der Waals surface area contributed by atoms with Crippen LogP contribution in [0.2, 0.25) is 0 Å². The summed E-state index contributed by atoms with van der Waals surface area (Å²) in [4.78, 5) is 0.169. The van der Waals surface area contributed by atoms with Gasteiger partial charge in [-0.25, -0.2) is 13.1 Å². The van der Waals surface area contributed by atoms with E-state index < -0.39 is 10.0 Å². The molecule has 2 N–H and O–H groups in total. The Balaban J connectivity index is 3.32. The minimum absolute atomic E-state index is 0.169. The molecule has 1 rings (SSSR count). The van der Waals surface area contributed by atoms with Gasteiger partial charge < -0.3 is 14.8 Å². The largest absolute Gasteiger partial charge is 0.493 e. The molecule has 0 fully saturated rings. The standard InChI is InChI=1S/C14H24N2O4S/c1-6-16-21(17,18)12-7-11(9-15-10(2)3)14(20-5)13(8-12)19-4/h7-8,10,15-16H,6,9H2,1-5H3. The van der Waals surface area contributed by atoms with Crippen molar-refractivity contribution < 1.29 is 17.9 Å². The second-order valence-electron chi connectivity index (χ2n) is 4.85. The lowest BCUT2D eigenvalue weighted by Crippen LogP contribution is -2.25. The van der Waals surface area contributed by atoms with E-state index in [2.05, 4.69) is 10.0 Å². The maximum atomic E-state index is 12.2. The molecule has 0 aliphatic heterocycles. The molecular formula is C14H24N2O4S. The van der Waals surface area contributed by atoms with Gasteiger partial charge in [-0.3, -0.25) is 0 Å². The lowest BCUT2D eigenvalue weighted by molar-refractivity contribution is 0.349. The van der Waals surface area contributed by atoms with E-state index in [4.69, 9.17) is 9.47 Å². The average molecular weight is 316 g/mol. The quantitative estimate of drug-likeness (QED) is 0.760. The normalized spacial score (nSPS) is 11.7. The lowest BCUT2D eigenvalue weighted by Gasteiger charge is -2.17. The van der Waals surface area contributed by atoms with Gasteiger partial charge in [-0.15, -0.1) is 0 Å². The predicted molar refractivity (Wildman–Crippen MR) is 82.4 cm³/mol. The molecular weight excluding hydrogens is 292 g/mol. The predicted octanol–water partition coefficient (Wildman–Crippen LogP) is 1.50. The van der Waals surface area contributed by atoms with E-state index >= 15 is 0 Å². The Labute approximate surface area is 126 Å². The summed E-state index contributed by atoms with van der Waals surface area (Å²) in [6.07, 6.45) is 0. The zero-order valence-corrected chi connectivity index (χ0v) is 14.0. The van der Waals surface area contributed by atoms with Crippen LogP contribution in [0.15, 0.2) is 17.0 Å². The summed E-state index contributed by atoms with van der Waals surface area (Å²) in [6.45, 7) is 6.59. The second kappa shape index (κ2) is 7.63. The van der Waals surface area contributed by atoms with Crippen LogP contribution in [-0.2, 0) is 16.6 Å². The molecule has 0 amide bonds. The lowest BCUT2D eigenvalue weighted by atomic mass is 10.1. The van der Waals surface area contributed by atoms with Crippen molar-refractivity contribution >= 4 is 10.0 Å². The van der Waals surface area contributed by atoms with E-state index in [-0.39, 0.29) is 10.9 Å². The van der Waals surface area contributed by atoms with Gasteiger partial charge in [0.05, 0.1) is 19.1 Å². The topological polar surface area (TPSA) is 76.7 Å². The molecule has 0 spiro atoms. The van der Waals surface area contributed by atoms with Crippen molar-refractivity contribution in [2.75, 3.05) is 20.8 Å². The van der Waals surface area contributed by atoms with Crippen molar-refractivity contribution in [3.8, 4) is 11.5 Å². The molecule has 21 heavy (non-hydrogen) atoms. The first-order chi connectivity index (χ1) is 9.85. The zero-order chi connectivity index (χ0) is 16.0. The van der Waals surface area contributed by atoms with Crippen LogP contribution < -0.4 is 19.5 Å². The molecule has 0 heterocycles.